The van der Waals surface area contributed by atoms with Gasteiger partial charge in [0.25, 0.3) is 0 Å². The number of aliphatic hydroxyl groups is 2. The Labute approximate surface area is 118 Å². The molecule has 3 nitrogen and oxygen atoms in total. The number of benzene rings is 2. The predicted octanol–water partition coefficient (Wildman–Crippen LogP) is 2.88. The molecule has 1 aromatic heterocycles. The molecule has 0 amide bonds. The molecule has 1 heterocycles. The third kappa shape index (κ3) is 1.74. The van der Waals surface area contributed by atoms with E-state index in [0.717, 1.165) is 11.0 Å². The van der Waals surface area contributed by atoms with Crippen molar-refractivity contribution in [2.75, 3.05) is 6.61 Å². The molecule has 3 heteroatoms. The predicted molar refractivity (Wildman–Crippen MR) is 81.9 cm³/mol. The quantitative estimate of drug-likeness (QED) is 0.768. The van der Waals surface area contributed by atoms with Crippen LogP contribution in [-0.2, 0) is 5.54 Å². The summed E-state index contributed by atoms with van der Waals surface area (Å²) in [5.74, 6) is 0. The minimum atomic E-state index is -0.818. The third-order valence-corrected chi connectivity index (χ3v) is 4.14. The lowest BCUT2D eigenvalue weighted by Gasteiger charge is -2.33. The van der Waals surface area contributed by atoms with Crippen LogP contribution in [0.4, 0.5) is 0 Å². The van der Waals surface area contributed by atoms with E-state index in [1.165, 1.54) is 10.8 Å². The Morgan fingerprint density at radius 3 is 1.85 bits per heavy atom. The number of aliphatic hydroxyl groups excluding tert-OH is 2. The summed E-state index contributed by atoms with van der Waals surface area (Å²) in [6, 6.07) is 16.3. The maximum Gasteiger partial charge on any atom is 0.1000 e. The van der Waals surface area contributed by atoms with E-state index in [2.05, 4.69) is 28.8 Å². The largest absolute Gasteiger partial charge is 0.394 e. The topological polar surface area (TPSA) is 45.4 Å². The van der Waals surface area contributed by atoms with Crippen LogP contribution >= 0.6 is 0 Å². The third-order valence-electron chi connectivity index (χ3n) is 4.14. The molecule has 0 saturated heterocycles. The van der Waals surface area contributed by atoms with Gasteiger partial charge < -0.3 is 14.8 Å². The number of aromatic nitrogens is 1. The highest BCUT2D eigenvalue weighted by molar-refractivity contribution is 6.08. The van der Waals surface area contributed by atoms with Crippen molar-refractivity contribution in [2.45, 2.75) is 25.5 Å². The average molecular weight is 269 g/mol. The average Bonchev–Trinajstić information content (AvgIpc) is 2.81. The van der Waals surface area contributed by atoms with Crippen molar-refractivity contribution in [3.8, 4) is 0 Å². The minimum absolute atomic E-state index is 0.256. The van der Waals surface area contributed by atoms with Gasteiger partial charge in [-0.3, -0.25) is 0 Å². The van der Waals surface area contributed by atoms with Crippen LogP contribution in [-0.4, -0.2) is 27.5 Å². The van der Waals surface area contributed by atoms with Crippen LogP contribution in [0.3, 0.4) is 0 Å². The van der Waals surface area contributed by atoms with E-state index >= 15 is 0 Å². The molecular formula is C17H19NO2. The zero-order valence-corrected chi connectivity index (χ0v) is 11.7. The molecule has 2 N–H and O–H groups in total. The van der Waals surface area contributed by atoms with Crippen LogP contribution in [0.5, 0.6) is 0 Å². The first-order chi connectivity index (χ1) is 9.57. The Morgan fingerprint density at radius 1 is 0.950 bits per heavy atom. The molecule has 0 aliphatic heterocycles. The van der Waals surface area contributed by atoms with Crippen LogP contribution in [0.25, 0.3) is 21.8 Å². The van der Waals surface area contributed by atoms with E-state index in [0.29, 0.717) is 0 Å². The Kier molecular flexibility index (Phi) is 3.04. The van der Waals surface area contributed by atoms with Gasteiger partial charge in [0, 0.05) is 21.8 Å². The molecule has 3 aromatic rings. The SMILES string of the molecule is CC(C)(C(O)CO)n1c2ccccc2c2ccccc21. The van der Waals surface area contributed by atoms with Crippen molar-refractivity contribution in [2.24, 2.45) is 0 Å². The minimum Gasteiger partial charge on any atom is -0.394 e. The number of para-hydroxylation sites is 2. The lowest BCUT2D eigenvalue weighted by Crippen LogP contribution is -2.41. The van der Waals surface area contributed by atoms with Gasteiger partial charge in [0.1, 0.15) is 0 Å². The number of hydrogen-bond donors (Lipinski definition) is 2. The maximum atomic E-state index is 10.2. The standard InChI is InChI=1S/C17H19NO2/c1-17(2,16(20)11-19)18-14-9-5-3-7-12(14)13-8-4-6-10-15(13)18/h3-10,16,19-20H,11H2,1-2H3. The van der Waals surface area contributed by atoms with Crippen LogP contribution in [0, 0.1) is 0 Å². The van der Waals surface area contributed by atoms with Crippen LogP contribution in [0.1, 0.15) is 13.8 Å². The fourth-order valence-electron chi connectivity index (χ4n) is 2.92. The van der Waals surface area contributed by atoms with Gasteiger partial charge in [0.05, 0.1) is 18.2 Å². The lowest BCUT2D eigenvalue weighted by molar-refractivity contribution is 0.0141. The van der Waals surface area contributed by atoms with Gasteiger partial charge >= 0.3 is 0 Å². The number of fused-ring (bicyclic) bond motifs is 3. The molecular weight excluding hydrogens is 250 g/mol. The molecule has 3 rings (SSSR count). The van der Waals surface area contributed by atoms with E-state index in [-0.39, 0.29) is 6.61 Å². The summed E-state index contributed by atoms with van der Waals surface area (Å²) < 4.78 is 2.12. The summed E-state index contributed by atoms with van der Waals surface area (Å²) in [6.07, 6.45) is -0.818. The van der Waals surface area contributed by atoms with Crippen molar-refractivity contribution in [1.29, 1.82) is 0 Å². The summed E-state index contributed by atoms with van der Waals surface area (Å²) in [7, 11) is 0. The highest BCUT2D eigenvalue weighted by Crippen LogP contribution is 2.35. The van der Waals surface area contributed by atoms with Crippen LogP contribution < -0.4 is 0 Å². The Balaban J connectivity index is 2.43. The Hall–Kier alpha value is -1.84. The number of rotatable bonds is 3. The second kappa shape index (κ2) is 4.62. The zero-order chi connectivity index (χ0) is 14.3. The van der Waals surface area contributed by atoms with E-state index in [1.54, 1.807) is 0 Å². The molecule has 0 bridgehead atoms. The maximum absolute atomic E-state index is 10.2. The summed E-state index contributed by atoms with van der Waals surface area (Å²) >= 11 is 0. The van der Waals surface area contributed by atoms with Crippen molar-refractivity contribution in [1.82, 2.24) is 4.57 Å². The molecule has 1 unspecified atom stereocenters. The van der Waals surface area contributed by atoms with E-state index in [9.17, 15) is 10.2 Å². The first-order valence-electron chi connectivity index (χ1n) is 6.85. The summed E-state index contributed by atoms with van der Waals surface area (Å²) in [5, 5.41) is 21.9. The molecule has 20 heavy (non-hydrogen) atoms. The van der Waals surface area contributed by atoms with E-state index in [1.807, 2.05) is 38.1 Å². The number of hydrogen-bond acceptors (Lipinski definition) is 2. The van der Waals surface area contributed by atoms with Gasteiger partial charge in [-0.25, -0.2) is 0 Å². The van der Waals surface area contributed by atoms with Gasteiger partial charge in [0.2, 0.25) is 0 Å². The zero-order valence-electron chi connectivity index (χ0n) is 11.7. The van der Waals surface area contributed by atoms with Gasteiger partial charge in [-0.1, -0.05) is 36.4 Å². The monoisotopic (exact) mass is 269 g/mol. The summed E-state index contributed by atoms with van der Waals surface area (Å²) in [4.78, 5) is 0. The summed E-state index contributed by atoms with van der Waals surface area (Å²) in [6.45, 7) is 3.65. The van der Waals surface area contributed by atoms with Crippen molar-refractivity contribution in [3.63, 3.8) is 0 Å². The molecule has 2 aromatic carbocycles. The molecule has 0 spiro atoms. The Morgan fingerprint density at radius 2 is 1.40 bits per heavy atom. The summed E-state index contributed by atoms with van der Waals surface area (Å²) in [5.41, 5.74) is 1.56. The molecule has 0 saturated carbocycles. The molecule has 0 radical (unpaired) electrons. The van der Waals surface area contributed by atoms with E-state index < -0.39 is 11.6 Å². The first-order valence-corrected chi connectivity index (χ1v) is 6.85. The van der Waals surface area contributed by atoms with Gasteiger partial charge in [-0.05, 0) is 26.0 Å². The van der Waals surface area contributed by atoms with Crippen LogP contribution in [0.15, 0.2) is 48.5 Å². The fourth-order valence-corrected chi connectivity index (χ4v) is 2.92. The molecule has 0 fully saturated rings. The van der Waals surface area contributed by atoms with Gasteiger partial charge in [-0.15, -0.1) is 0 Å². The molecule has 0 aliphatic rings. The first kappa shape index (κ1) is 13.2. The highest BCUT2D eigenvalue weighted by Gasteiger charge is 2.31. The lowest BCUT2D eigenvalue weighted by atomic mass is 9.97. The number of nitrogens with zero attached hydrogens (tertiary/aromatic N) is 1. The second-order valence-electron chi connectivity index (χ2n) is 5.72. The van der Waals surface area contributed by atoms with Gasteiger partial charge in [-0.2, -0.15) is 0 Å². The smallest absolute Gasteiger partial charge is 0.1000 e. The molecule has 0 aliphatic carbocycles. The van der Waals surface area contributed by atoms with Crippen molar-refractivity contribution in [3.05, 3.63) is 48.5 Å². The highest BCUT2D eigenvalue weighted by atomic mass is 16.3. The Bertz CT molecular complexity index is 705. The fraction of sp³-hybridized carbons (Fsp3) is 0.294. The van der Waals surface area contributed by atoms with Gasteiger partial charge in [0.15, 0.2) is 0 Å². The normalized spacial score (nSPS) is 14.0. The molecule has 1 atom stereocenters. The van der Waals surface area contributed by atoms with Crippen molar-refractivity contribution >= 4 is 21.8 Å². The molecule has 104 valence electrons. The van der Waals surface area contributed by atoms with E-state index in [4.69, 9.17) is 0 Å². The van der Waals surface area contributed by atoms with Crippen molar-refractivity contribution < 1.29 is 10.2 Å². The second-order valence-corrected chi connectivity index (χ2v) is 5.72. The van der Waals surface area contributed by atoms with Crippen LogP contribution in [0.2, 0.25) is 0 Å².